The second kappa shape index (κ2) is 23.2. The van der Waals surface area contributed by atoms with Crippen molar-refractivity contribution in [2.75, 3.05) is 27.4 Å². The van der Waals surface area contributed by atoms with Crippen LogP contribution < -0.4 is 18.9 Å². The molecule has 0 spiro atoms. The zero-order valence-corrected chi connectivity index (χ0v) is 50.9. The Morgan fingerprint density at radius 2 is 0.744 bits per heavy atom. The van der Waals surface area contributed by atoms with Crippen molar-refractivity contribution < 1.29 is 18.9 Å². The van der Waals surface area contributed by atoms with Gasteiger partial charge in [-0.15, -0.1) is 5.10 Å². The quantitative estimate of drug-likeness (QED) is 0.0743. The van der Waals surface area contributed by atoms with Crippen LogP contribution in [0, 0.1) is 23.7 Å². The van der Waals surface area contributed by atoms with Crippen LogP contribution in [0.15, 0.2) is 170 Å². The van der Waals surface area contributed by atoms with Gasteiger partial charge in [0.1, 0.15) is 39.5 Å². The third-order valence-electron chi connectivity index (χ3n) is 16.3. The summed E-state index contributed by atoms with van der Waals surface area (Å²) in [6.07, 6.45) is 0. The number of fused-ring (bicyclic) bond motifs is 8. The standard InChI is InChI=1S/C74H74N8O4/c1-45(2)39-79-65-31-19-53(51-15-27-59(28-16-51)85-43-47(5)6)35-61(65)63-37-55(21-33-67(63)79)69-71-72(77-82(76-71)42-50-13-25-58(84-10)26-14-50)70(74-73(69)75-78-81(74)41-49-11-23-57(83-9)24-12-49)56-22-34-68-64(38-56)62-36-54(20-32-66(62)80(68)40-46(3)4)52-17-29-60(30-18-52)86-44-48(7)8/h11-38,45-48H,39-44H2,1-10H3. The van der Waals surface area contributed by atoms with Crippen LogP contribution in [0.1, 0.15) is 66.5 Å². The lowest BCUT2D eigenvalue weighted by atomic mass is 9.93. The molecule has 13 aromatic rings. The van der Waals surface area contributed by atoms with Gasteiger partial charge in [-0.25, -0.2) is 4.68 Å². The maximum absolute atomic E-state index is 6.10. The molecule has 0 aliphatic carbocycles. The molecule has 0 bridgehead atoms. The van der Waals surface area contributed by atoms with Crippen molar-refractivity contribution in [1.29, 1.82) is 0 Å². The lowest BCUT2D eigenvalue weighted by Gasteiger charge is -2.13. The molecule has 0 aliphatic rings. The molecular formula is C74H74N8O4. The van der Waals surface area contributed by atoms with Crippen molar-refractivity contribution in [1.82, 2.24) is 39.1 Å². The van der Waals surface area contributed by atoms with Crippen LogP contribution in [0.2, 0.25) is 0 Å². The average molecular weight is 1140 g/mol. The third-order valence-corrected chi connectivity index (χ3v) is 16.3. The topological polar surface area (TPSA) is 108 Å². The summed E-state index contributed by atoms with van der Waals surface area (Å²) in [5.41, 5.74) is 18.2. The summed E-state index contributed by atoms with van der Waals surface area (Å²) in [7, 11) is 3.39. The highest BCUT2D eigenvalue weighted by Gasteiger charge is 2.28. The molecule has 434 valence electrons. The SMILES string of the molecule is COc1ccc(Cn2nc3c(-c4ccc5c(c4)c4cc(-c6ccc(OCC(C)C)cc6)ccc4n5CC(C)C)c4nnn(Cc5ccc(OC)cc5)c4c(-c4ccc5c(c4)c4cc(-c6ccc(OCC(C)C)cc6)ccc4n5CC(C)C)c3n2)cc1. The molecule has 0 N–H and O–H groups in total. The van der Waals surface area contributed by atoms with Crippen molar-refractivity contribution in [3.05, 3.63) is 181 Å². The molecule has 9 aromatic carbocycles. The lowest BCUT2D eigenvalue weighted by molar-refractivity contribution is 0.271. The molecule has 0 amide bonds. The lowest BCUT2D eigenvalue weighted by Crippen LogP contribution is -2.04. The molecule has 0 fully saturated rings. The van der Waals surface area contributed by atoms with Crippen LogP contribution in [0.25, 0.3) is 110 Å². The molecule has 86 heavy (non-hydrogen) atoms. The zero-order chi connectivity index (χ0) is 59.3. The first-order chi connectivity index (χ1) is 41.8. The van der Waals surface area contributed by atoms with Crippen LogP contribution >= 0.6 is 0 Å². The van der Waals surface area contributed by atoms with Crippen molar-refractivity contribution in [3.8, 4) is 67.5 Å². The van der Waals surface area contributed by atoms with Gasteiger partial charge in [-0.2, -0.15) is 15.0 Å². The van der Waals surface area contributed by atoms with E-state index >= 15 is 0 Å². The summed E-state index contributed by atoms with van der Waals surface area (Å²) < 4.78 is 30.4. The van der Waals surface area contributed by atoms with Gasteiger partial charge in [0.05, 0.1) is 46.0 Å². The predicted octanol–water partition coefficient (Wildman–Crippen LogP) is 17.6. The van der Waals surface area contributed by atoms with E-state index in [1.165, 1.54) is 32.8 Å². The molecule has 0 atom stereocenters. The third kappa shape index (κ3) is 10.8. The van der Waals surface area contributed by atoms with Crippen molar-refractivity contribution in [2.45, 2.75) is 81.6 Å². The number of hydrogen-bond donors (Lipinski definition) is 0. The van der Waals surface area contributed by atoms with Gasteiger partial charge in [-0.05, 0) is 165 Å². The summed E-state index contributed by atoms with van der Waals surface area (Å²) in [6.45, 7) is 21.8. The van der Waals surface area contributed by atoms with Gasteiger partial charge in [0.2, 0.25) is 0 Å². The normalized spacial score (nSPS) is 12.1. The second-order valence-corrected chi connectivity index (χ2v) is 24.7. The maximum atomic E-state index is 6.10. The Morgan fingerprint density at radius 1 is 0.372 bits per heavy atom. The Balaban J connectivity index is 1.05. The monoisotopic (exact) mass is 1140 g/mol. The van der Waals surface area contributed by atoms with Crippen molar-refractivity contribution in [3.63, 3.8) is 0 Å². The number of rotatable bonds is 20. The molecule has 0 saturated heterocycles. The Labute approximate surface area is 502 Å². The molecule has 4 aromatic heterocycles. The van der Waals surface area contributed by atoms with Gasteiger partial charge in [-0.3, -0.25) is 0 Å². The number of methoxy groups -OCH3 is 2. The molecule has 0 radical (unpaired) electrons. The first-order valence-corrected chi connectivity index (χ1v) is 30.3. The molecule has 13 rings (SSSR count). The zero-order valence-electron chi connectivity index (χ0n) is 50.9. The number of ether oxygens (including phenoxy) is 4. The highest BCUT2D eigenvalue weighted by atomic mass is 16.5. The Kier molecular flexibility index (Phi) is 15.0. The van der Waals surface area contributed by atoms with E-state index in [4.69, 9.17) is 39.5 Å². The summed E-state index contributed by atoms with van der Waals surface area (Å²) in [4.78, 5) is 1.84. The number of aromatic nitrogens is 8. The Bertz CT molecular complexity index is 4600. The molecule has 0 unspecified atom stereocenters. The predicted molar refractivity (Wildman–Crippen MR) is 351 cm³/mol. The minimum Gasteiger partial charge on any atom is -0.497 e. The molecule has 0 saturated carbocycles. The van der Waals surface area contributed by atoms with Crippen molar-refractivity contribution in [2.24, 2.45) is 23.7 Å². The fourth-order valence-corrected chi connectivity index (χ4v) is 12.2. The van der Waals surface area contributed by atoms with Crippen LogP contribution in [0.4, 0.5) is 0 Å². The molecule has 0 aliphatic heterocycles. The number of hydrogen-bond acceptors (Lipinski definition) is 8. The summed E-state index contributed by atoms with van der Waals surface area (Å²) in [5.74, 6) is 5.05. The summed E-state index contributed by atoms with van der Waals surface area (Å²) >= 11 is 0. The van der Waals surface area contributed by atoms with E-state index in [1.54, 1.807) is 14.2 Å². The molecule has 12 nitrogen and oxygen atoms in total. The molecular weight excluding hydrogens is 1060 g/mol. The van der Waals surface area contributed by atoms with Crippen LogP contribution in [-0.4, -0.2) is 66.6 Å². The highest BCUT2D eigenvalue weighted by Crippen LogP contribution is 2.46. The van der Waals surface area contributed by atoms with Crippen LogP contribution in [-0.2, 0) is 26.2 Å². The fraction of sp³-hybridized carbons (Fsp3) is 0.270. The Morgan fingerprint density at radius 3 is 1.16 bits per heavy atom. The fourth-order valence-electron chi connectivity index (χ4n) is 12.2. The summed E-state index contributed by atoms with van der Waals surface area (Å²) in [5, 5.41) is 26.1. The van der Waals surface area contributed by atoms with Crippen LogP contribution in [0.5, 0.6) is 23.0 Å². The largest absolute Gasteiger partial charge is 0.497 e. The number of nitrogens with zero attached hydrogens (tertiary/aromatic N) is 8. The number of benzene rings is 9. The van der Waals surface area contributed by atoms with E-state index in [0.29, 0.717) is 50.0 Å². The first-order valence-electron chi connectivity index (χ1n) is 30.3. The van der Waals surface area contributed by atoms with Crippen molar-refractivity contribution >= 4 is 65.7 Å². The second-order valence-electron chi connectivity index (χ2n) is 24.7. The van der Waals surface area contributed by atoms with E-state index < -0.39 is 0 Å². The van der Waals surface area contributed by atoms with E-state index in [9.17, 15) is 0 Å². The minimum atomic E-state index is 0.415. The smallest absolute Gasteiger partial charge is 0.124 e. The van der Waals surface area contributed by atoms with E-state index in [1.807, 2.05) is 29.1 Å². The first kappa shape index (κ1) is 55.8. The van der Waals surface area contributed by atoms with Gasteiger partial charge in [0, 0.05) is 67.8 Å². The average Bonchev–Trinajstić information content (AvgIpc) is 1.55. The minimum absolute atomic E-state index is 0.415. The maximum Gasteiger partial charge on any atom is 0.124 e. The van der Waals surface area contributed by atoms with Gasteiger partial charge in [-0.1, -0.05) is 133 Å². The van der Waals surface area contributed by atoms with Gasteiger partial charge in [0.25, 0.3) is 0 Å². The van der Waals surface area contributed by atoms with Gasteiger partial charge < -0.3 is 28.1 Å². The van der Waals surface area contributed by atoms with E-state index in [2.05, 4.69) is 215 Å². The molecule has 12 heteroatoms. The highest BCUT2D eigenvalue weighted by molar-refractivity contribution is 6.20. The van der Waals surface area contributed by atoms with E-state index in [-0.39, 0.29) is 0 Å². The van der Waals surface area contributed by atoms with E-state index in [0.717, 1.165) is 125 Å². The van der Waals surface area contributed by atoms with Gasteiger partial charge in [0.15, 0.2) is 0 Å². The van der Waals surface area contributed by atoms with Gasteiger partial charge >= 0.3 is 0 Å². The van der Waals surface area contributed by atoms with Crippen LogP contribution in [0.3, 0.4) is 0 Å². The Hall–Kier alpha value is -9.42. The summed E-state index contributed by atoms with van der Waals surface area (Å²) in [6, 6.07) is 60.9. The molecule has 4 heterocycles.